The summed E-state index contributed by atoms with van der Waals surface area (Å²) in [7, 11) is 1.31. The minimum absolute atomic E-state index is 0.202. The normalized spacial score (nSPS) is 10.2. The molecule has 0 aliphatic carbocycles. The Labute approximate surface area is 152 Å². The zero-order valence-electron chi connectivity index (χ0n) is 14.2. The van der Waals surface area contributed by atoms with Gasteiger partial charge in [-0.3, -0.25) is 4.79 Å². The molecule has 3 rings (SSSR count). The van der Waals surface area contributed by atoms with Gasteiger partial charge in [0, 0.05) is 0 Å². The Hall–Kier alpha value is -2.67. The molecule has 1 heterocycles. The van der Waals surface area contributed by atoms with Crippen molar-refractivity contribution in [2.75, 3.05) is 7.11 Å². The van der Waals surface area contributed by atoms with Crippen LogP contribution in [0.3, 0.4) is 0 Å². The van der Waals surface area contributed by atoms with Gasteiger partial charge in [0.15, 0.2) is 17.9 Å². The third kappa shape index (κ3) is 3.94. The molecule has 0 amide bonds. The second kappa shape index (κ2) is 8.14. The predicted octanol–water partition coefficient (Wildman–Crippen LogP) is 5.22. The molecule has 1 aromatic heterocycles. The highest BCUT2D eigenvalue weighted by molar-refractivity contribution is 7.20. The highest BCUT2D eigenvalue weighted by atomic mass is 32.1. The molecule has 0 aliphatic rings. The predicted molar refractivity (Wildman–Crippen MR) is 94.3 cm³/mol. The van der Waals surface area contributed by atoms with Crippen molar-refractivity contribution in [3.05, 3.63) is 69.4 Å². The Bertz CT molecular complexity index is 980. The van der Waals surface area contributed by atoms with Crippen molar-refractivity contribution in [2.24, 2.45) is 0 Å². The van der Waals surface area contributed by atoms with Crippen LogP contribution >= 0.6 is 11.3 Å². The van der Waals surface area contributed by atoms with Crippen LogP contribution in [0.25, 0.3) is 10.1 Å². The SMILES string of the molecule is COC(=O)c1cc2ccc(C)c(F)c2s1.Cc1ccc(C=O)c(F)c1F. The quantitative estimate of drug-likeness (QED) is 0.452. The molecule has 0 atom stereocenters. The number of thiophene rings is 1. The van der Waals surface area contributed by atoms with Crippen LogP contribution in [-0.4, -0.2) is 19.4 Å². The van der Waals surface area contributed by atoms with E-state index in [2.05, 4.69) is 4.74 Å². The number of halogens is 3. The Kier molecular flexibility index (Phi) is 6.15. The molecule has 0 bridgehead atoms. The largest absolute Gasteiger partial charge is 0.465 e. The van der Waals surface area contributed by atoms with E-state index in [1.165, 1.54) is 26.2 Å². The molecule has 0 unspecified atom stereocenters. The standard InChI is InChI=1S/C11H9FO2S.C8H6F2O/c1-6-3-4-7-5-8(11(13)14-2)15-10(7)9(6)12;1-5-2-3-6(4-11)8(10)7(5)9/h3-5H,1-2H3;2-4H,1H3. The molecule has 0 N–H and O–H groups in total. The molecule has 0 aliphatic heterocycles. The molecule has 0 fully saturated rings. The van der Waals surface area contributed by atoms with E-state index in [1.807, 2.05) is 0 Å². The first kappa shape index (κ1) is 19.7. The summed E-state index contributed by atoms with van der Waals surface area (Å²) in [6.07, 6.45) is 0.290. The van der Waals surface area contributed by atoms with E-state index in [1.54, 1.807) is 25.1 Å². The minimum Gasteiger partial charge on any atom is -0.465 e. The van der Waals surface area contributed by atoms with E-state index in [0.29, 0.717) is 15.1 Å². The molecule has 136 valence electrons. The third-order valence-electron chi connectivity index (χ3n) is 3.64. The molecule has 26 heavy (non-hydrogen) atoms. The first-order valence-electron chi connectivity index (χ1n) is 7.46. The van der Waals surface area contributed by atoms with Crippen molar-refractivity contribution in [3.63, 3.8) is 0 Å². The summed E-state index contributed by atoms with van der Waals surface area (Å²) in [5.41, 5.74) is 0.543. The Morgan fingerprint density at radius 2 is 1.62 bits per heavy atom. The molecule has 2 aromatic carbocycles. The van der Waals surface area contributed by atoms with Crippen LogP contribution in [0.15, 0.2) is 30.3 Å². The second-order valence-corrected chi connectivity index (χ2v) is 6.49. The zero-order chi connectivity index (χ0) is 19.4. The lowest BCUT2D eigenvalue weighted by atomic mass is 10.1. The number of fused-ring (bicyclic) bond motifs is 1. The van der Waals surface area contributed by atoms with Crippen LogP contribution in [0.4, 0.5) is 13.2 Å². The fourth-order valence-electron chi connectivity index (χ4n) is 2.12. The maximum absolute atomic E-state index is 13.6. The second-order valence-electron chi connectivity index (χ2n) is 5.43. The van der Waals surface area contributed by atoms with E-state index in [9.17, 15) is 22.8 Å². The number of aldehydes is 1. The Morgan fingerprint density at radius 3 is 2.23 bits per heavy atom. The monoisotopic (exact) mass is 380 g/mol. The van der Waals surface area contributed by atoms with Crippen LogP contribution in [0.2, 0.25) is 0 Å². The van der Waals surface area contributed by atoms with Crippen molar-refractivity contribution in [1.29, 1.82) is 0 Å². The van der Waals surface area contributed by atoms with Crippen molar-refractivity contribution < 1.29 is 27.5 Å². The number of benzene rings is 2. The molecule has 3 nitrogen and oxygen atoms in total. The number of rotatable bonds is 2. The van der Waals surface area contributed by atoms with Gasteiger partial charge in [0.05, 0.1) is 17.4 Å². The Balaban J connectivity index is 0.000000197. The molecule has 7 heteroatoms. The van der Waals surface area contributed by atoms with Crippen LogP contribution in [0, 0.1) is 31.3 Å². The minimum atomic E-state index is -1.07. The summed E-state index contributed by atoms with van der Waals surface area (Å²) >= 11 is 1.12. The van der Waals surface area contributed by atoms with Crippen molar-refractivity contribution in [3.8, 4) is 0 Å². The van der Waals surface area contributed by atoms with Gasteiger partial charge in [0.1, 0.15) is 10.7 Å². The van der Waals surface area contributed by atoms with E-state index in [4.69, 9.17) is 0 Å². The number of carbonyl (C=O) groups is 2. The average Bonchev–Trinajstić information content (AvgIpc) is 3.08. The lowest BCUT2D eigenvalue weighted by molar-refractivity contribution is 0.0606. The van der Waals surface area contributed by atoms with Crippen molar-refractivity contribution in [1.82, 2.24) is 0 Å². The van der Waals surface area contributed by atoms with Gasteiger partial charge in [-0.05, 0) is 42.5 Å². The summed E-state index contributed by atoms with van der Waals surface area (Å²) in [5, 5.41) is 0.739. The average molecular weight is 380 g/mol. The first-order valence-corrected chi connectivity index (χ1v) is 8.28. The van der Waals surface area contributed by atoms with Gasteiger partial charge in [-0.2, -0.15) is 0 Å². The number of hydrogen-bond donors (Lipinski definition) is 0. The smallest absolute Gasteiger partial charge is 0.348 e. The van der Waals surface area contributed by atoms with Crippen LogP contribution < -0.4 is 0 Å². The zero-order valence-corrected chi connectivity index (χ0v) is 15.0. The van der Waals surface area contributed by atoms with Gasteiger partial charge >= 0.3 is 5.97 Å². The number of ether oxygens (including phenoxy) is 1. The number of esters is 1. The summed E-state index contributed by atoms with van der Waals surface area (Å²) in [6, 6.07) is 7.76. The van der Waals surface area contributed by atoms with E-state index in [-0.39, 0.29) is 23.2 Å². The van der Waals surface area contributed by atoms with Crippen LogP contribution in [0.1, 0.15) is 31.2 Å². The molecular formula is C19H15F3O3S. The highest BCUT2D eigenvalue weighted by Gasteiger charge is 2.13. The molecule has 0 radical (unpaired) electrons. The number of aryl methyl sites for hydroxylation is 2. The summed E-state index contributed by atoms with van der Waals surface area (Å²) in [6.45, 7) is 3.14. The van der Waals surface area contributed by atoms with Gasteiger partial charge < -0.3 is 4.74 Å². The fourth-order valence-corrected chi connectivity index (χ4v) is 3.19. The molecule has 0 saturated carbocycles. The highest BCUT2D eigenvalue weighted by Crippen LogP contribution is 2.29. The molecule has 0 spiro atoms. The maximum atomic E-state index is 13.6. The Morgan fingerprint density at radius 1 is 1.00 bits per heavy atom. The van der Waals surface area contributed by atoms with Gasteiger partial charge in [-0.15, -0.1) is 11.3 Å². The topological polar surface area (TPSA) is 43.4 Å². The maximum Gasteiger partial charge on any atom is 0.348 e. The number of hydrogen-bond acceptors (Lipinski definition) is 4. The molecule has 0 saturated heterocycles. The fraction of sp³-hybridized carbons (Fsp3) is 0.158. The van der Waals surface area contributed by atoms with Crippen LogP contribution in [-0.2, 0) is 4.74 Å². The van der Waals surface area contributed by atoms with Gasteiger partial charge in [0.2, 0.25) is 0 Å². The van der Waals surface area contributed by atoms with E-state index < -0.39 is 17.6 Å². The summed E-state index contributed by atoms with van der Waals surface area (Å²) < 4.78 is 44.0. The summed E-state index contributed by atoms with van der Waals surface area (Å²) in [5.74, 6) is -2.70. The number of carbonyl (C=O) groups excluding carboxylic acids is 2. The first-order chi connectivity index (χ1) is 12.3. The van der Waals surface area contributed by atoms with Crippen molar-refractivity contribution >= 4 is 33.7 Å². The van der Waals surface area contributed by atoms with Gasteiger partial charge in [-0.1, -0.05) is 18.2 Å². The number of methoxy groups -OCH3 is 1. The summed E-state index contributed by atoms with van der Waals surface area (Å²) in [4.78, 5) is 21.8. The molecule has 3 aromatic rings. The lowest BCUT2D eigenvalue weighted by Crippen LogP contribution is -1.96. The van der Waals surface area contributed by atoms with E-state index >= 15 is 0 Å². The van der Waals surface area contributed by atoms with Crippen LogP contribution in [0.5, 0.6) is 0 Å². The van der Waals surface area contributed by atoms with Gasteiger partial charge in [0.25, 0.3) is 0 Å². The van der Waals surface area contributed by atoms with Crippen molar-refractivity contribution in [2.45, 2.75) is 13.8 Å². The lowest BCUT2D eigenvalue weighted by Gasteiger charge is -1.98. The van der Waals surface area contributed by atoms with Gasteiger partial charge in [-0.25, -0.2) is 18.0 Å². The molecular weight excluding hydrogens is 365 g/mol. The van der Waals surface area contributed by atoms with E-state index in [0.717, 1.165) is 16.7 Å². The third-order valence-corrected chi connectivity index (χ3v) is 4.76.